The van der Waals surface area contributed by atoms with Gasteiger partial charge in [0.05, 0.1) is 18.2 Å². The summed E-state index contributed by atoms with van der Waals surface area (Å²) < 4.78 is 26.9. The van der Waals surface area contributed by atoms with E-state index >= 15 is 0 Å². The van der Waals surface area contributed by atoms with E-state index in [2.05, 4.69) is 31.2 Å². The molecule has 25 heavy (non-hydrogen) atoms. The molecule has 1 aromatic carbocycles. The predicted molar refractivity (Wildman–Crippen MR) is 108 cm³/mol. The second-order valence-corrected chi connectivity index (χ2v) is 10.7. The SMILES string of the molecule is CCN(Cn1nc(Nc2cccc(Br)c2)sc1=S)[C@H]1CCS(=O)(=O)C1. The molecule has 0 radical (unpaired) electrons. The molecule has 0 unspecified atom stereocenters. The third-order valence-electron chi connectivity index (χ3n) is 4.13. The first-order valence-corrected chi connectivity index (χ1v) is 11.8. The molecule has 1 atom stereocenters. The van der Waals surface area contributed by atoms with Gasteiger partial charge in [-0.1, -0.05) is 40.3 Å². The predicted octanol–water partition coefficient (Wildman–Crippen LogP) is 3.65. The van der Waals surface area contributed by atoms with Crippen molar-refractivity contribution in [1.29, 1.82) is 0 Å². The maximum Gasteiger partial charge on any atom is 0.209 e. The summed E-state index contributed by atoms with van der Waals surface area (Å²) in [7, 11) is -2.90. The Morgan fingerprint density at radius 3 is 2.96 bits per heavy atom. The van der Waals surface area contributed by atoms with Crippen LogP contribution in [0.5, 0.6) is 0 Å². The van der Waals surface area contributed by atoms with Gasteiger partial charge in [-0.15, -0.1) is 5.10 Å². The third-order valence-corrected chi connectivity index (χ3v) is 7.60. The maximum atomic E-state index is 11.7. The topological polar surface area (TPSA) is 67.2 Å². The molecule has 1 N–H and O–H groups in total. The molecule has 2 aromatic rings. The Morgan fingerprint density at radius 1 is 1.52 bits per heavy atom. The van der Waals surface area contributed by atoms with Gasteiger partial charge < -0.3 is 5.32 Å². The smallest absolute Gasteiger partial charge is 0.209 e. The summed E-state index contributed by atoms with van der Waals surface area (Å²) in [5.74, 6) is 0.494. The number of sulfone groups is 1. The van der Waals surface area contributed by atoms with Gasteiger partial charge >= 0.3 is 0 Å². The molecule has 2 heterocycles. The zero-order valence-corrected chi connectivity index (χ0v) is 17.7. The summed E-state index contributed by atoms with van der Waals surface area (Å²) in [5, 5.41) is 8.52. The van der Waals surface area contributed by atoms with Gasteiger partial charge in [0, 0.05) is 16.2 Å². The summed E-state index contributed by atoms with van der Waals surface area (Å²) >= 11 is 10.3. The summed E-state index contributed by atoms with van der Waals surface area (Å²) in [5.41, 5.74) is 0.930. The van der Waals surface area contributed by atoms with E-state index in [0.29, 0.717) is 17.0 Å². The van der Waals surface area contributed by atoms with Crippen LogP contribution in [-0.2, 0) is 16.5 Å². The molecule has 0 bridgehead atoms. The van der Waals surface area contributed by atoms with Crippen LogP contribution in [0.15, 0.2) is 28.7 Å². The van der Waals surface area contributed by atoms with Crippen LogP contribution in [0.4, 0.5) is 10.8 Å². The summed E-state index contributed by atoms with van der Waals surface area (Å²) in [4.78, 5) is 2.13. The van der Waals surface area contributed by atoms with Crippen molar-refractivity contribution in [2.75, 3.05) is 23.4 Å². The Kier molecular flexibility index (Phi) is 5.94. The number of rotatable bonds is 6. The average Bonchev–Trinajstić information content (AvgIpc) is 3.07. The normalized spacial score (nSPS) is 19.4. The monoisotopic (exact) mass is 462 g/mol. The van der Waals surface area contributed by atoms with E-state index < -0.39 is 9.84 Å². The minimum absolute atomic E-state index is 0.0417. The van der Waals surface area contributed by atoms with Crippen molar-refractivity contribution >= 4 is 60.1 Å². The van der Waals surface area contributed by atoms with Gasteiger partial charge in [0.25, 0.3) is 0 Å². The van der Waals surface area contributed by atoms with Gasteiger partial charge in [0.1, 0.15) is 0 Å². The highest BCUT2D eigenvalue weighted by molar-refractivity contribution is 9.10. The van der Waals surface area contributed by atoms with Gasteiger partial charge in [-0.25, -0.2) is 13.1 Å². The van der Waals surface area contributed by atoms with Crippen LogP contribution in [0.3, 0.4) is 0 Å². The van der Waals surface area contributed by atoms with E-state index in [1.807, 2.05) is 31.2 Å². The lowest BCUT2D eigenvalue weighted by Crippen LogP contribution is -2.37. The van der Waals surface area contributed by atoms with Crippen molar-refractivity contribution in [3.63, 3.8) is 0 Å². The fourth-order valence-corrected chi connectivity index (χ4v) is 6.02. The molecule has 1 saturated heterocycles. The number of aromatic nitrogens is 2. The van der Waals surface area contributed by atoms with E-state index in [0.717, 1.165) is 21.8 Å². The fourth-order valence-electron chi connectivity index (χ4n) is 2.84. The molecule has 0 spiro atoms. The molecule has 10 heteroatoms. The van der Waals surface area contributed by atoms with E-state index in [4.69, 9.17) is 12.2 Å². The number of nitrogens with zero attached hydrogens (tertiary/aromatic N) is 3. The first kappa shape index (κ1) is 19.0. The molecule has 0 saturated carbocycles. The quantitative estimate of drug-likeness (QED) is 0.660. The average molecular weight is 463 g/mol. The lowest BCUT2D eigenvalue weighted by atomic mass is 10.2. The van der Waals surface area contributed by atoms with Crippen LogP contribution in [0, 0.1) is 3.95 Å². The number of benzene rings is 1. The highest BCUT2D eigenvalue weighted by Gasteiger charge is 2.31. The highest BCUT2D eigenvalue weighted by Crippen LogP contribution is 2.24. The van der Waals surface area contributed by atoms with Crippen molar-refractivity contribution in [1.82, 2.24) is 14.7 Å². The van der Waals surface area contributed by atoms with Gasteiger partial charge in [0.15, 0.2) is 13.8 Å². The molecule has 3 rings (SSSR count). The lowest BCUT2D eigenvalue weighted by Gasteiger charge is -2.25. The van der Waals surface area contributed by atoms with Crippen molar-refractivity contribution in [2.24, 2.45) is 0 Å². The second kappa shape index (κ2) is 7.83. The Bertz CT molecular complexity index is 909. The maximum absolute atomic E-state index is 11.7. The zero-order chi connectivity index (χ0) is 18.0. The number of hydrogen-bond acceptors (Lipinski definition) is 7. The summed E-state index contributed by atoms with van der Waals surface area (Å²) in [6.07, 6.45) is 0.677. The first-order chi connectivity index (χ1) is 11.9. The molecule has 6 nitrogen and oxygen atoms in total. The van der Waals surface area contributed by atoms with Crippen molar-refractivity contribution in [3.8, 4) is 0 Å². The van der Waals surface area contributed by atoms with Crippen LogP contribution >= 0.6 is 39.5 Å². The minimum atomic E-state index is -2.90. The third kappa shape index (κ3) is 4.88. The standard InChI is InChI=1S/C15H19BrN4O2S3/c1-2-19(13-6-7-25(21,22)9-13)10-20-15(23)24-14(18-20)17-12-5-3-4-11(16)8-12/h3-5,8,13H,2,6-7,9-10H2,1H3,(H,17,18)/t13-/m0/s1. The Hall–Kier alpha value is -0.810. The Labute approximate surface area is 164 Å². The lowest BCUT2D eigenvalue weighted by molar-refractivity contribution is 0.165. The Morgan fingerprint density at radius 2 is 2.32 bits per heavy atom. The van der Waals surface area contributed by atoms with E-state index in [-0.39, 0.29) is 17.5 Å². The second-order valence-electron chi connectivity index (χ2n) is 5.91. The highest BCUT2D eigenvalue weighted by atomic mass is 79.9. The van der Waals surface area contributed by atoms with E-state index in [9.17, 15) is 8.42 Å². The fraction of sp³-hybridized carbons (Fsp3) is 0.467. The molecular weight excluding hydrogens is 444 g/mol. The van der Waals surface area contributed by atoms with Crippen molar-refractivity contribution in [2.45, 2.75) is 26.1 Å². The molecule has 1 fully saturated rings. The minimum Gasteiger partial charge on any atom is -0.330 e. The van der Waals surface area contributed by atoms with Crippen LogP contribution in [0.25, 0.3) is 0 Å². The van der Waals surface area contributed by atoms with Crippen LogP contribution < -0.4 is 5.32 Å². The van der Waals surface area contributed by atoms with E-state index in [1.54, 1.807) is 4.68 Å². The molecule has 0 aliphatic carbocycles. The number of halogens is 1. The van der Waals surface area contributed by atoms with Gasteiger partial charge in [-0.05, 0) is 43.4 Å². The summed E-state index contributed by atoms with van der Waals surface area (Å²) in [6, 6.07) is 7.88. The van der Waals surface area contributed by atoms with Crippen molar-refractivity contribution in [3.05, 3.63) is 32.7 Å². The van der Waals surface area contributed by atoms with E-state index in [1.165, 1.54) is 11.3 Å². The van der Waals surface area contributed by atoms with Gasteiger partial charge in [-0.3, -0.25) is 4.90 Å². The largest absolute Gasteiger partial charge is 0.330 e. The van der Waals surface area contributed by atoms with Crippen molar-refractivity contribution < 1.29 is 8.42 Å². The van der Waals surface area contributed by atoms with Gasteiger partial charge in [-0.2, -0.15) is 0 Å². The number of hydrogen-bond donors (Lipinski definition) is 1. The summed E-state index contributed by atoms with van der Waals surface area (Å²) in [6.45, 7) is 3.29. The molecule has 1 aliphatic rings. The van der Waals surface area contributed by atoms with Crippen LogP contribution in [-0.4, -0.2) is 47.2 Å². The molecule has 1 aliphatic heterocycles. The zero-order valence-electron chi connectivity index (χ0n) is 13.7. The van der Waals surface area contributed by atoms with Gasteiger partial charge in [0.2, 0.25) is 5.13 Å². The number of anilines is 2. The number of nitrogens with one attached hydrogen (secondary N) is 1. The molecular formula is C15H19BrN4O2S3. The molecule has 1 aromatic heterocycles. The molecule has 136 valence electrons. The molecule has 0 amide bonds. The van der Waals surface area contributed by atoms with Crippen LogP contribution in [0.2, 0.25) is 0 Å². The van der Waals surface area contributed by atoms with Crippen LogP contribution in [0.1, 0.15) is 13.3 Å². The Balaban J connectivity index is 1.72. The first-order valence-electron chi connectivity index (χ1n) is 7.91.